The van der Waals surface area contributed by atoms with Crippen molar-refractivity contribution in [3.05, 3.63) is 229 Å². The SMILES string of the molecule is c1ccc(-c2ccc(C3=NC(c4ccc5c(c4)oc4c(-c6ccccc6-c6cccc7oc8ccccc8c67)cccc45)N=C(c4ccc(-c5ccccc5)cc4)N3)cc2)cc1. The molecular formula is C57H37N3O2. The Kier molecular flexibility index (Phi) is 8.49. The molecule has 3 heterocycles. The molecule has 9 aromatic carbocycles. The van der Waals surface area contributed by atoms with E-state index in [9.17, 15) is 0 Å². The van der Waals surface area contributed by atoms with Crippen LogP contribution in [-0.4, -0.2) is 11.7 Å². The van der Waals surface area contributed by atoms with Crippen LogP contribution in [0.3, 0.4) is 0 Å². The summed E-state index contributed by atoms with van der Waals surface area (Å²) in [5.41, 5.74) is 15.3. The highest BCUT2D eigenvalue weighted by Gasteiger charge is 2.23. The van der Waals surface area contributed by atoms with Crippen LogP contribution >= 0.6 is 0 Å². The van der Waals surface area contributed by atoms with Gasteiger partial charge in [-0.1, -0.05) is 194 Å². The molecule has 0 bridgehead atoms. The zero-order chi connectivity index (χ0) is 41.0. The number of benzene rings is 9. The Morgan fingerprint density at radius 1 is 0.339 bits per heavy atom. The highest BCUT2D eigenvalue weighted by atomic mass is 16.3. The number of hydrogen-bond acceptors (Lipinski definition) is 5. The fourth-order valence-corrected chi connectivity index (χ4v) is 8.93. The van der Waals surface area contributed by atoms with Gasteiger partial charge in [0.05, 0.1) is 0 Å². The van der Waals surface area contributed by atoms with Crippen molar-refractivity contribution in [3.8, 4) is 44.5 Å². The monoisotopic (exact) mass is 795 g/mol. The molecule has 0 aliphatic carbocycles. The van der Waals surface area contributed by atoms with E-state index in [1.165, 1.54) is 11.1 Å². The van der Waals surface area contributed by atoms with Crippen molar-refractivity contribution >= 4 is 55.5 Å². The van der Waals surface area contributed by atoms with Crippen LogP contribution in [0.1, 0.15) is 22.9 Å². The van der Waals surface area contributed by atoms with Crippen LogP contribution in [0.15, 0.2) is 231 Å². The van der Waals surface area contributed by atoms with E-state index < -0.39 is 6.17 Å². The maximum absolute atomic E-state index is 6.91. The predicted molar refractivity (Wildman–Crippen MR) is 255 cm³/mol. The first kappa shape index (κ1) is 35.6. The number of furan rings is 2. The molecule has 1 aliphatic rings. The zero-order valence-corrected chi connectivity index (χ0v) is 33.5. The van der Waals surface area contributed by atoms with E-state index >= 15 is 0 Å². The molecule has 292 valence electrons. The van der Waals surface area contributed by atoms with Gasteiger partial charge >= 0.3 is 0 Å². The number of hydrogen-bond donors (Lipinski definition) is 1. The van der Waals surface area contributed by atoms with Crippen molar-refractivity contribution < 1.29 is 8.83 Å². The van der Waals surface area contributed by atoms with Crippen LogP contribution in [-0.2, 0) is 0 Å². The largest absolute Gasteiger partial charge is 0.456 e. The van der Waals surface area contributed by atoms with Gasteiger partial charge in [0.25, 0.3) is 0 Å². The quantitative estimate of drug-likeness (QED) is 0.175. The molecule has 0 radical (unpaired) electrons. The molecule has 0 unspecified atom stereocenters. The van der Waals surface area contributed by atoms with Crippen molar-refractivity contribution in [1.29, 1.82) is 0 Å². The second-order valence-corrected chi connectivity index (χ2v) is 15.7. The van der Waals surface area contributed by atoms with E-state index in [-0.39, 0.29) is 0 Å². The molecule has 1 aliphatic heterocycles. The first-order valence-corrected chi connectivity index (χ1v) is 20.9. The summed E-state index contributed by atoms with van der Waals surface area (Å²) >= 11 is 0. The zero-order valence-electron chi connectivity index (χ0n) is 33.5. The van der Waals surface area contributed by atoms with E-state index in [2.05, 4.69) is 187 Å². The van der Waals surface area contributed by atoms with E-state index in [1.54, 1.807) is 0 Å². The van der Waals surface area contributed by atoms with Gasteiger partial charge in [0, 0.05) is 43.8 Å². The summed E-state index contributed by atoms with van der Waals surface area (Å²) < 4.78 is 13.2. The second-order valence-electron chi connectivity index (χ2n) is 15.7. The lowest BCUT2D eigenvalue weighted by Gasteiger charge is -2.22. The minimum Gasteiger partial charge on any atom is -0.456 e. The Bertz CT molecular complexity index is 3430. The van der Waals surface area contributed by atoms with Crippen LogP contribution in [0, 0.1) is 0 Å². The van der Waals surface area contributed by atoms with Crippen molar-refractivity contribution in [3.63, 3.8) is 0 Å². The van der Waals surface area contributed by atoms with Gasteiger partial charge in [0.1, 0.15) is 34.0 Å². The number of amidine groups is 2. The number of aliphatic imine (C=N–C) groups is 2. The summed E-state index contributed by atoms with van der Waals surface area (Å²) in [5, 5.41) is 7.91. The maximum Gasteiger partial charge on any atom is 0.169 e. The summed E-state index contributed by atoms with van der Waals surface area (Å²) in [4.78, 5) is 10.5. The van der Waals surface area contributed by atoms with Crippen molar-refractivity contribution in [2.75, 3.05) is 0 Å². The number of fused-ring (bicyclic) bond motifs is 6. The average molecular weight is 796 g/mol. The molecule has 5 nitrogen and oxygen atoms in total. The van der Waals surface area contributed by atoms with E-state index in [0.29, 0.717) is 0 Å². The molecule has 11 aromatic rings. The van der Waals surface area contributed by atoms with Crippen LogP contribution in [0.25, 0.3) is 88.4 Å². The highest BCUT2D eigenvalue weighted by molar-refractivity contribution is 6.17. The third kappa shape index (κ3) is 6.18. The summed E-state index contributed by atoms with van der Waals surface area (Å²) in [5.74, 6) is 1.52. The van der Waals surface area contributed by atoms with Gasteiger partial charge in [0.15, 0.2) is 6.17 Å². The lowest BCUT2D eigenvalue weighted by Crippen LogP contribution is -2.36. The molecule has 5 heteroatoms. The molecular weight excluding hydrogens is 759 g/mol. The van der Waals surface area contributed by atoms with Crippen molar-refractivity contribution in [1.82, 2.24) is 5.32 Å². The van der Waals surface area contributed by atoms with Gasteiger partial charge in [-0.05, 0) is 57.1 Å². The highest BCUT2D eigenvalue weighted by Crippen LogP contribution is 2.44. The second kappa shape index (κ2) is 14.8. The Balaban J connectivity index is 0.955. The fraction of sp³-hybridized carbons (Fsp3) is 0.0175. The third-order valence-electron chi connectivity index (χ3n) is 12.0. The standard InChI is InChI=1S/C57H37N3O2/c1-3-13-36(14-4-1)38-25-29-40(30-26-38)55-58-56(41-31-27-39(28-32-41)37-15-5-2-6-16-37)60-57(59-55)42-33-34-45-48-22-11-21-47(54(48)62-52(45)35-42)44-18-8-7-17-43(44)46-20-12-24-51-53(46)49-19-9-10-23-50(49)61-51/h1-35,57H,(H,58,59,60). The Labute approximate surface area is 358 Å². The minimum absolute atomic E-state index is 0.507. The van der Waals surface area contributed by atoms with E-state index in [4.69, 9.17) is 18.8 Å². The molecule has 0 amide bonds. The van der Waals surface area contributed by atoms with Gasteiger partial charge in [-0.3, -0.25) is 0 Å². The van der Waals surface area contributed by atoms with Crippen LogP contribution in [0.2, 0.25) is 0 Å². The normalized spacial score (nSPS) is 13.1. The topological polar surface area (TPSA) is 63.0 Å². The number of para-hydroxylation sites is 2. The molecule has 0 spiro atoms. The van der Waals surface area contributed by atoms with Crippen LogP contribution in [0.4, 0.5) is 0 Å². The smallest absolute Gasteiger partial charge is 0.169 e. The van der Waals surface area contributed by atoms with Gasteiger partial charge < -0.3 is 14.2 Å². The van der Waals surface area contributed by atoms with Gasteiger partial charge in [0.2, 0.25) is 0 Å². The van der Waals surface area contributed by atoms with Crippen molar-refractivity contribution in [2.24, 2.45) is 9.98 Å². The summed E-state index contributed by atoms with van der Waals surface area (Å²) in [6.45, 7) is 0. The lowest BCUT2D eigenvalue weighted by molar-refractivity contribution is 0.666. The minimum atomic E-state index is -0.507. The number of rotatable bonds is 7. The predicted octanol–water partition coefficient (Wildman–Crippen LogP) is 14.6. The van der Waals surface area contributed by atoms with Crippen LogP contribution in [0.5, 0.6) is 0 Å². The molecule has 12 rings (SSSR count). The summed E-state index contributed by atoms with van der Waals surface area (Å²) in [6.07, 6.45) is -0.507. The molecule has 0 fully saturated rings. The molecule has 0 saturated heterocycles. The number of nitrogens with zero attached hydrogens (tertiary/aromatic N) is 2. The molecule has 0 atom stereocenters. The first-order valence-electron chi connectivity index (χ1n) is 20.9. The van der Waals surface area contributed by atoms with Gasteiger partial charge in [-0.15, -0.1) is 0 Å². The summed E-state index contributed by atoms with van der Waals surface area (Å²) in [7, 11) is 0. The summed E-state index contributed by atoms with van der Waals surface area (Å²) in [6, 6.07) is 73.9. The molecule has 2 aromatic heterocycles. The van der Waals surface area contributed by atoms with Gasteiger partial charge in [-0.2, -0.15) is 0 Å². The molecule has 1 N–H and O–H groups in total. The van der Waals surface area contributed by atoms with Crippen LogP contribution < -0.4 is 5.32 Å². The van der Waals surface area contributed by atoms with Crippen molar-refractivity contribution in [2.45, 2.75) is 6.17 Å². The van der Waals surface area contributed by atoms with E-state index in [1.807, 2.05) is 30.3 Å². The van der Waals surface area contributed by atoms with Gasteiger partial charge in [-0.25, -0.2) is 9.98 Å². The Morgan fingerprint density at radius 2 is 0.839 bits per heavy atom. The lowest BCUT2D eigenvalue weighted by atomic mass is 9.91. The average Bonchev–Trinajstić information content (AvgIpc) is 3.93. The van der Waals surface area contributed by atoms with E-state index in [0.717, 1.165) is 106 Å². The first-order chi connectivity index (χ1) is 30.7. The molecule has 62 heavy (non-hydrogen) atoms. The molecule has 0 saturated carbocycles. The fourth-order valence-electron chi connectivity index (χ4n) is 8.93. The Morgan fingerprint density at radius 3 is 1.52 bits per heavy atom. The third-order valence-corrected chi connectivity index (χ3v) is 12.0. The Hall–Kier alpha value is -8.28. The maximum atomic E-state index is 6.91. The number of nitrogens with one attached hydrogen (secondary N) is 1.